The quantitative estimate of drug-likeness (QED) is 0.876. The van der Waals surface area contributed by atoms with E-state index in [1.807, 2.05) is 26.8 Å². The lowest BCUT2D eigenvalue weighted by molar-refractivity contribution is 0.428. The van der Waals surface area contributed by atoms with Gasteiger partial charge in [0.1, 0.15) is 5.82 Å². The summed E-state index contributed by atoms with van der Waals surface area (Å²) in [7, 11) is 0. The number of hydrogen-bond acceptors (Lipinski definition) is 3. The van der Waals surface area contributed by atoms with Crippen molar-refractivity contribution in [1.29, 1.82) is 0 Å². The second kappa shape index (κ2) is 5.67. The lowest BCUT2D eigenvalue weighted by Crippen LogP contribution is -2.26. The molecule has 1 heterocycles. The Labute approximate surface area is 122 Å². The summed E-state index contributed by atoms with van der Waals surface area (Å²) in [5.41, 5.74) is -0.118. The largest absolute Gasteiger partial charge is 0.436 e. The Morgan fingerprint density at radius 2 is 1.85 bits per heavy atom. The maximum absolute atomic E-state index is 13.8. The smallest absolute Gasteiger partial charge is 0.221 e. The van der Waals surface area contributed by atoms with Gasteiger partial charge < -0.3 is 10.1 Å². The van der Waals surface area contributed by atoms with Crippen LogP contribution in [0.3, 0.4) is 0 Å². The highest BCUT2D eigenvalue weighted by Crippen LogP contribution is 2.28. The van der Waals surface area contributed by atoms with E-state index in [0.717, 1.165) is 0 Å². The lowest BCUT2D eigenvalue weighted by atomic mass is 10.1. The molecule has 1 N–H and O–H groups in total. The van der Waals surface area contributed by atoms with Gasteiger partial charge >= 0.3 is 0 Å². The zero-order valence-electron chi connectivity index (χ0n) is 11.6. The van der Waals surface area contributed by atoms with Crippen molar-refractivity contribution in [2.75, 3.05) is 5.32 Å². The van der Waals surface area contributed by atoms with Crippen molar-refractivity contribution in [2.24, 2.45) is 0 Å². The van der Waals surface area contributed by atoms with Gasteiger partial charge in [-0.15, -0.1) is 0 Å². The lowest BCUT2D eigenvalue weighted by Gasteiger charge is -2.21. The molecule has 0 radical (unpaired) electrons. The fraction of sp³-hybridized carbons (Fsp3) is 0.267. The number of aromatic nitrogens is 1. The number of halogens is 2. The minimum Gasteiger partial charge on any atom is -0.436 e. The fourth-order valence-electron chi connectivity index (χ4n) is 1.60. The Morgan fingerprint density at radius 3 is 2.55 bits per heavy atom. The molecule has 0 bridgehead atoms. The van der Waals surface area contributed by atoms with Crippen LogP contribution in [-0.4, -0.2) is 10.5 Å². The van der Waals surface area contributed by atoms with Crippen LogP contribution in [0, 0.1) is 5.82 Å². The van der Waals surface area contributed by atoms with E-state index in [2.05, 4.69) is 10.3 Å². The first-order valence-corrected chi connectivity index (χ1v) is 6.60. The predicted molar refractivity (Wildman–Crippen MR) is 79.1 cm³/mol. The number of nitrogens with zero attached hydrogens (tertiary/aromatic N) is 1. The third-order valence-corrected chi connectivity index (χ3v) is 2.65. The van der Waals surface area contributed by atoms with Crippen molar-refractivity contribution < 1.29 is 9.13 Å². The molecule has 0 spiro atoms. The summed E-state index contributed by atoms with van der Waals surface area (Å²) >= 11 is 5.71. The second-order valence-corrected chi connectivity index (χ2v) is 5.80. The fourth-order valence-corrected chi connectivity index (χ4v) is 1.77. The van der Waals surface area contributed by atoms with E-state index in [1.54, 1.807) is 18.2 Å². The highest BCUT2D eigenvalue weighted by atomic mass is 35.5. The van der Waals surface area contributed by atoms with Crippen molar-refractivity contribution in [3.8, 4) is 11.6 Å². The van der Waals surface area contributed by atoms with Crippen LogP contribution >= 0.6 is 11.6 Å². The standard InChI is InChI=1S/C15H16ClFN2O/c1-15(2,3)19-12-8-5-9-13(18-12)20-11-7-4-6-10(16)14(11)17/h4-9H,1-3H3,(H,18,19). The van der Waals surface area contributed by atoms with Crippen molar-refractivity contribution in [2.45, 2.75) is 26.3 Å². The van der Waals surface area contributed by atoms with E-state index in [1.165, 1.54) is 12.1 Å². The van der Waals surface area contributed by atoms with Crippen molar-refractivity contribution in [3.63, 3.8) is 0 Å². The summed E-state index contributed by atoms with van der Waals surface area (Å²) in [5.74, 6) is 0.431. The van der Waals surface area contributed by atoms with Crippen LogP contribution in [0.25, 0.3) is 0 Å². The minimum absolute atomic E-state index is 0.0199. The van der Waals surface area contributed by atoms with E-state index in [4.69, 9.17) is 16.3 Å². The van der Waals surface area contributed by atoms with Gasteiger partial charge in [-0.05, 0) is 39.0 Å². The van der Waals surface area contributed by atoms with Gasteiger partial charge in [0, 0.05) is 11.6 Å². The number of benzene rings is 1. The van der Waals surface area contributed by atoms with Crippen LogP contribution in [0.5, 0.6) is 11.6 Å². The van der Waals surface area contributed by atoms with E-state index in [0.29, 0.717) is 11.7 Å². The SMILES string of the molecule is CC(C)(C)Nc1cccc(Oc2cccc(Cl)c2F)n1. The summed E-state index contributed by atoms with van der Waals surface area (Å²) in [5, 5.41) is 3.24. The van der Waals surface area contributed by atoms with Crippen LogP contribution in [0.4, 0.5) is 10.2 Å². The molecule has 3 nitrogen and oxygen atoms in total. The highest BCUT2D eigenvalue weighted by Gasteiger charge is 2.12. The van der Waals surface area contributed by atoms with Gasteiger partial charge in [-0.25, -0.2) is 4.39 Å². The molecule has 1 aromatic heterocycles. The summed E-state index contributed by atoms with van der Waals surface area (Å²) in [6.07, 6.45) is 0. The topological polar surface area (TPSA) is 34.1 Å². The Kier molecular flexibility index (Phi) is 4.14. The van der Waals surface area contributed by atoms with Crippen LogP contribution in [-0.2, 0) is 0 Å². The Morgan fingerprint density at radius 1 is 1.15 bits per heavy atom. The number of anilines is 1. The van der Waals surface area contributed by atoms with E-state index >= 15 is 0 Å². The first-order chi connectivity index (χ1) is 9.35. The van der Waals surface area contributed by atoms with Crippen molar-refractivity contribution >= 4 is 17.4 Å². The van der Waals surface area contributed by atoms with Crippen LogP contribution in [0.2, 0.25) is 5.02 Å². The van der Waals surface area contributed by atoms with Gasteiger partial charge in [-0.2, -0.15) is 4.98 Å². The zero-order valence-corrected chi connectivity index (χ0v) is 12.3. The number of ether oxygens (including phenoxy) is 1. The van der Waals surface area contributed by atoms with Gasteiger partial charge in [-0.3, -0.25) is 0 Å². The number of nitrogens with one attached hydrogen (secondary N) is 1. The molecular formula is C15H16ClFN2O. The summed E-state index contributed by atoms with van der Waals surface area (Å²) in [6, 6.07) is 9.87. The van der Waals surface area contributed by atoms with E-state index in [-0.39, 0.29) is 16.3 Å². The second-order valence-electron chi connectivity index (χ2n) is 5.39. The molecule has 0 unspecified atom stereocenters. The molecule has 1 aromatic carbocycles. The van der Waals surface area contributed by atoms with Crippen molar-refractivity contribution in [3.05, 3.63) is 47.2 Å². The minimum atomic E-state index is -0.592. The third-order valence-electron chi connectivity index (χ3n) is 2.36. The molecule has 0 aliphatic rings. The first-order valence-electron chi connectivity index (χ1n) is 6.22. The molecule has 0 aliphatic carbocycles. The first kappa shape index (κ1) is 14.6. The average molecular weight is 295 g/mol. The molecule has 0 aliphatic heterocycles. The average Bonchev–Trinajstić information content (AvgIpc) is 2.33. The van der Waals surface area contributed by atoms with Crippen LogP contribution < -0.4 is 10.1 Å². The molecule has 2 rings (SSSR count). The molecule has 2 aromatic rings. The Bertz CT molecular complexity index is 611. The molecule has 0 saturated heterocycles. The van der Waals surface area contributed by atoms with Gasteiger partial charge in [0.2, 0.25) is 5.88 Å². The van der Waals surface area contributed by atoms with E-state index in [9.17, 15) is 4.39 Å². The molecule has 0 fully saturated rings. The van der Waals surface area contributed by atoms with Gasteiger partial charge in [-0.1, -0.05) is 23.7 Å². The van der Waals surface area contributed by atoms with Gasteiger partial charge in [0.15, 0.2) is 11.6 Å². The van der Waals surface area contributed by atoms with E-state index < -0.39 is 5.82 Å². The molecule has 5 heteroatoms. The Balaban J connectivity index is 2.22. The summed E-state index contributed by atoms with van der Waals surface area (Å²) in [4.78, 5) is 4.28. The molecule has 20 heavy (non-hydrogen) atoms. The number of rotatable bonds is 3. The molecule has 106 valence electrons. The molecule has 0 saturated carbocycles. The van der Waals surface area contributed by atoms with Crippen LogP contribution in [0.1, 0.15) is 20.8 Å². The van der Waals surface area contributed by atoms with Gasteiger partial charge in [0.25, 0.3) is 0 Å². The summed E-state index contributed by atoms with van der Waals surface area (Å²) in [6.45, 7) is 6.08. The number of pyridine rings is 1. The molecule has 0 atom stereocenters. The van der Waals surface area contributed by atoms with Crippen molar-refractivity contribution in [1.82, 2.24) is 4.98 Å². The highest BCUT2D eigenvalue weighted by molar-refractivity contribution is 6.30. The Hall–Kier alpha value is -1.81. The monoisotopic (exact) mass is 294 g/mol. The molecular weight excluding hydrogens is 279 g/mol. The normalized spacial score (nSPS) is 11.2. The predicted octanol–water partition coefficient (Wildman–Crippen LogP) is 4.88. The number of hydrogen-bond donors (Lipinski definition) is 1. The third kappa shape index (κ3) is 3.84. The maximum Gasteiger partial charge on any atom is 0.221 e. The zero-order chi connectivity index (χ0) is 14.8. The maximum atomic E-state index is 13.8. The summed E-state index contributed by atoms with van der Waals surface area (Å²) < 4.78 is 19.2. The molecule has 0 amide bonds. The van der Waals surface area contributed by atoms with Crippen LogP contribution in [0.15, 0.2) is 36.4 Å². The van der Waals surface area contributed by atoms with Gasteiger partial charge in [0.05, 0.1) is 5.02 Å².